The van der Waals surface area contributed by atoms with Crippen LogP contribution in [0.15, 0.2) is 32.3 Å². The monoisotopic (exact) mass is 413 g/mol. The molecule has 0 bridgehead atoms. The summed E-state index contributed by atoms with van der Waals surface area (Å²) in [4.78, 5) is 11.0. The topological polar surface area (TPSA) is 83.5 Å². The van der Waals surface area contributed by atoms with E-state index < -0.39 is 33.1 Å². The predicted molar refractivity (Wildman–Crippen MR) is 81.2 cm³/mol. The van der Waals surface area contributed by atoms with Crippen molar-refractivity contribution < 1.29 is 22.7 Å². The van der Waals surface area contributed by atoms with E-state index in [1.165, 1.54) is 12.1 Å². The Morgan fingerprint density at radius 2 is 2.10 bits per heavy atom. The van der Waals surface area contributed by atoms with Crippen LogP contribution in [0, 0.1) is 5.82 Å². The second-order valence-electron chi connectivity index (χ2n) is 3.76. The maximum atomic E-state index is 13.7. The lowest BCUT2D eigenvalue weighted by Crippen LogP contribution is -2.15. The number of aromatic carboxylic acids is 1. The maximum absolute atomic E-state index is 13.7. The number of benzene rings is 1. The van der Waals surface area contributed by atoms with Crippen molar-refractivity contribution in [2.24, 2.45) is 0 Å². The summed E-state index contributed by atoms with van der Waals surface area (Å²) in [6, 6.07) is 4.41. The molecule has 10 heteroatoms. The van der Waals surface area contributed by atoms with E-state index in [0.717, 1.165) is 23.5 Å². The fourth-order valence-electron chi connectivity index (χ4n) is 1.45. The van der Waals surface area contributed by atoms with Gasteiger partial charge in [-0.3, -0.25) is 4.72 Å². The van der Waals surface area contributed by atoms with Crippen molar-refractivity contribution in [3.8, 4) is 0 Å². The molecule has 21 heavy (non-hydrogen) atoms. The lowest BCUT2D eigenvalue weighted by Gasteiger charge is -2.10. The molecule has 0 aliphatic carbocycles. The summed E-state index contributed by atoms with van der Waals surface area (Å²) in [6.45, 7) is 0. The zero-order valence-electron chi connectivity index (χ0n) is 9.93. The van der Waals surface area contributed by atoms with Crippen molar-refractivity contribution >= 4 is 60.5 Å². The minimum atomic E-state index is -4.14. The first kappa shape index (κ1) is 16.2. The first-order chi connectivity index (χ1) is 9.72. The van der Waals surface area contributed by atoms with Crippen LogP contribution in [-0.4, -0.2) is 19.5 Å². The molecule has 0 saturated carbocycles. The van der Waals surface area contributed by atoms with Crippen molar-refractivity contribution in [3.63, 3.8) is 0 Å². The number of thiophene rings is 1. The van der Waals surface area contributed by atoms with E-state index >= 15 is 0 Å². The fraction of sp³-hybridized carbons (Fsp3) is 0. The summed E-state index contributed by atoms with van der Waals surface area (Å²) in [6.07, 6.45) is 0. The number of hydrogen-bond donors (Lipinski definition) is 2. The molecule has 2 N–H and O–H groups in total. The summed E-state index contributed by atoms with van der Waals surface area (Å²) in [5.41, 5.74) is -1.11. The standard InChI is InChI=1S/C11H6BrClFNO4S2/c12-10-6(13)4-8(20-10)21(18,19)15-9-5(11(16)17)2-1-3-7(9)14/h1-4,15H,(H,16,17). The number of sulfonamides is 1. The predicted octanol–water partition coefficient (Wildman–Crippen LogP) is 3.80. The van der Waals surface area contributed by atoms with Gasteiger partial charge in [0.2, 0.25) is 0 Å². The lowest BCUT2D eigenvalue weighted by molar-refractivity contribution is 0.0697. The van der Waals surface area contributed by atoms with Crippen LogP contribution in [0.5, 0.6) is 0 Å². The first-order valence-electron chi connectivity index (χ1n) is 5.22. The average Bonchev–Trinajstić information content (AvgIpc) is 2.72. The van der Waals surface area contributed by atoms with Crippen LogP contribution in [0.25, 0.3) is 0 Å². The van der Waals surface area contributed by atoms with E-state index in [-0.39, 0.29) is 9.23 Å². The van der Waals surface area contributed by atoms with E-state index in [0.29, 0.717) is 3.79 Å². The van der Waals surface area contributed by atoms with Gasteiger partial charge in [-0.05, 0) is 34.1 Å². The highest BCUT2D eigenvalue weighted by molar-refractivity contribution is 9.11. The van der Waals surface area contributed by atoms with Crippen LogP contribution < -0.4 is 4.72 Å². The highest BCUT2D eigenvalue weighted by atomic mass is 79.9. The minimum absolute atomic E-state index is 0.168. The number of halogens is 3. The maximum Gasteiger partial charge on any atom is 0.337 e. The largest absolute Gasteiger partial charge is 0.478 e. The van der Waals surface area contributed by atoms with E-state index in [1.807, 2.05) is 4.72 Å². The third-order valence-electron chi connectivity index (χ3n) is 2.37. The molecule has 0 saturated heterocycles. The van der Waals surface area contributed by atoms with Gasteiger partial charge in [0.1, 0.15) is 10.0 Å². The van der Waals surface area contributed by atoms with E-state index in [2.05, 4.69) is 15.9 Å². The van der Waals surface area contributed by atoms with E-state index in [9.17, 15) is 17.6 Å². The molecular weight excluding hydrogens is 409 g/mol. The number of anilines is 1. The van der Waals surface area contributed by atoms with Gasteiger partial charge in [0.05, 0.1) is 20.1 Å². The smallest absolute Gasteiger partial charge is 0.337 e. The SMILES string of the molecule is O=C(O)c1cccc(F)c1NS(=O)(=O)c1cc(Cl)c(Br)s1. The summed E-state index contributed by atoms with van der Waals surface area (Å²) < 4.78 is 40.2. The normalized spacial score (nSPS) is 11.4. The van der Waals surface area contributed by atoms with Crippen LogP contribution in [0.1, 0.15) is 10.4 Å². The molecule has 0 unspecified atom stereocenters. The number of hydrogen-bond acceptors (Lipinski definition) is 4. The average molecular weight is 415 g/mol. The molecule has 0 aliphatic rings. The second kappa shape index (κ2) is 5.91. The zero-order chi connectivity index (χ0) is 15.8. The molecule has 2 rings (SSSR count). The third kappa shape index (κ3) is 3.37. The molecular formula is C11H6BrClFNO4S2. The molecule has 1 heterocycles. The van der Waals surface area contributed by atoms with Gasteiger partial charge in [-0.2, -0.15) is 0 Å². The third-order valence-corrected chi connectivity index (χ3v) is 6.67. The van der Waals surface area contributed by atoms with Crippen LogP contribution in [0.3, 0.4) is 0 Å². The van der Waals surface area contributed by atoms with Gasteiger partial charge in [-0.25, -0.2) is 17.6 Å². The molecule has 0 atom stereocenters. The molecule has 0 amide bonds. The van der Waals surface area contributed by atoms with Gasteiger partial charge in [0.15, 0.2) is 0 Å². The Morgan fingerprint density at radius 1 is 1.43 bits per heavy atom. The van der Waals surface area contributed by atoms with Gasteiger partial charge < -0.3 is 5.11 Å². The molecule has 0 spiro atoms. The van der Waals surface area contributed by atoms with Gasteiger partial charge >= 0.3 is 5.97 Å². The molecule has 0 radical (unpaired) electrons. The Morgan fingerprint density at radius 3 is 2.62 bits per heavy atom. The van der Waals surface area contributed by atoms with Crippen LogP contribution in [0.2, 0.25) is 5.02 Å². The number of carbonyl (C=O) groups is 1. The quantitative estimate of drug-likeness (QED) is 0.797. The van der Waals surface area contributed by atoms with Gasteiger partial charge in [-0.15, -0.1) is 11.3 Å². The van der Waals surface area contributed by atoms with Gasteiger partial charge in [-0.1, -0.05) is 17.7 Å². The van der Waals surface area contributed by atoms with E-state index in [1.54, 1.807) is 0 Å². The minimum Gasteiger partial charge on any atom is -0.478 e. The van der Waals surface area contributed by atoms with Crippen LogP contribution in [-0.2, 0) is 10.0 Å². The number of nitrogens with one attached hydrogen (secondary N) is 1. The van der Waals surface area contributed by atoms with Crippen LogP contribution in [0.4, 0.5) is 10.1 Å². The summed E-state index contributed by atoms with van der Waals surface area (Å²) in [7, 11) is -4.14. The Balaban J connectivity index is 2.49. The first-order valence-corrected chi connectivity index (χ1v) is 8.69. The molecule has 0 aliphatic heterocycles. The fourth-order valence-corrected chi connectivity index (χ4v) is 4.94. The second-order valence-corrected chi connectivity index (χ2v) is 8.45. The molecule has 1 aromatic carbocycles. The summed E-state index contributed by atoms with van der Waals surface area (Å²) in [5.74, 6) is -2.43. The van der Waals surface area contributed by atoms with Gasteiger partial charge in [0.25, 0.3) is 10.0 Å². The number of para-hydroxylation sites is 1. The molecule has 0 fully saturated rings. The summed E-state index contributed by atoms with van der Waals surface area (Å²) in [5, 5.41) is 9.17. The zero-order valence-corrected chi connectivity index (χ0v) is 13.9. The Bertz CT molecular complexity index is 802. The molecule has 5 nitrogen and oxygen atoms in total. The van der Waals surface area contributed by atoms with Crippen molar-refractivity contribution in [2.45, 2.75) is 4.21 Å². The Hall–Kier alpha value is -1.16. The molecule has 112 valence electrons. The number of carboxylic acid groups (broad SMARTS) is 1. The Labute approximate surface area is 136 Å². The number of rotatable bonds is 4. The van der Waals surface area contributed by atoms with Crippen molar-refractivity contribution in [3.05, 3.63) is 44.5 Å². The highest BCUT2D eigenvalue weighted by Gasteiger charge is 2.23. The Kier molecular flexibility index (Phi) is 4.57. The summed E-state index contributed by atoms with van der Waals surface area (Å²) >= 11 is 9.65. The van der Waals surface area contributed by atoms with Crippen LogP contribution >= 0.6 is 38.9 Å². The van der Waals surface area contributed by atoms with Gasteiger partial charge in [0, 0.05) is 0 Å². The highest BCUT2D eigenvalue weighted by Crippen LogP contribution is 2.35. The van der Waals surface area contributed by atoms with E-state index in [4.69, 9.17) is 16.7 Å². The van der Waals surface area contributed by atoms with Crippen molar-refractivity contribution in [1.29, 1.82) is 0 Å². The van der Waals surface area contributed by atoms with Crippen molar-refractivity contribution in [2.75, 3.05) is 4.72 Å². The molecule has 1 aromatic heterocycles. The number of carboxylic acids is 1. The van der Waals surface area contributed by atoms with Crippen molar-refractivity contribution in [1.82, 2.24) is 0 Å². The lowest BCUT2D eigenvalue weighted by atomic mass is 10.2. The molecule has 2 aromatic rings.